The van der Waals surface area contributed by atoms with Crippen LogP contribution in [0.1, 0.15) is 30.1 Å². The maximum absolute atomic E-state index is 9.72. The molecule has 3 heteroatoms. The Morgan fingerprint density at radius 1 is 1.46 bits per heavy atom. The number of benzene rings is 1. The minimum atomic E-state index is -0.305. The van der Waals surface area contributed by atoms with E-state index in [9.17, 15) is 5.11 Å². The number of rotatable bonds is 0. The van der Waals surface area contributed by atoms with Crippen LogP contribution in [0.15, 0.2) is 16.6 Å². The Labute approximate surface area is 85.9 Å². The lowest BCUT2D eigenvalue weighted by Crippen LogP contribution is -2.10. The molecular weight excluding hydrogens is 230 g/mol. The molecular formula is C10H12BrNO. The van der Waals surface area contributed by atoms with Gasteiger partial charge >= 0.3 is 0 Å². The molecule has 70 valence electrons. The largest absolute Gasteiger partial charge is 0.398 e. The van der Waals surface area contributed by atoms with E-state index in [-0.39, 0.29) is 6.10 Å². The monoisotopic (exact) mass is 241 g/mol. The second-order valence-electron chi connectivity index (χ2n) is 3.44. The van der Waals surface area contributed by atoms with Gasteiger partial charge in [0.15, 0.2) is 0 Å². The summed E-state index contributed by atoms with van der Waals surface area (Å²) in [6, 6.07) is 3.77. The minimum absolute atomic E-state index is 0.305. The number of aliphatic hydroxyl groups excluding tert-OH is 1. The molecule has 0 aromatic heterocycles. The lowest BCUT2D eigenvalue weighted by molar-refractivity contribution is 0.156. The zero-order valence-electron chi connectivity index (χ0n) is 7.26. The molecule has 0 bridgehead atoms. The minimum Gasteiger partial charge on any atom is -0.398 e. The summed E-state index contributed by atoms with van der Waals surface area (Å²) in [4.78, 5) is 0. The lowest BCUT2D eigenvalue weighted by atomic mass is 9.89. The predicted molar refractivity (Wildman–Crippen MR) is 56.5 cm³/mol. The van der Waals surface area contributed by atoms with Gasteiger partial charge in [0.25, 0.3) is 0 Å². The number of nitrogens with two attached hydrogens (primary N) is 1. The number of anilines is 1. The first kappa shape index (κ1) is 9.03. The lowest BCUT2D eigenvalue weighted by Gasteiger charge is -2.22. The second kappa shape index (κ2) is 3.31. The molecule has 0 saturated heterocycles. The number of hydrogen-bond acceptors (Lipinski definition) is 2. The Bertz CT molecular complexity index is 338. The summed E-state index contributed by atoms with van der Waals surface area (Å²) in [6.07, 6.45) is 2.61. The molecule has 2 rings (SSSR count). The van der Waals surface area contributed by atoms with E-state index < -0.39 is 0 Å². The van der Waals surface area contributed by atoms with Crippen molar-refractivity contribution in [2.75, 3.05) is 5.73 Å². The van der Waals surface area contributed by atoms with E-state index in [1.54, 1.807) is 0 Å². The molecule has 0 saturated carbocycles. The number of nitrogen functional groups attached to an aromatic ring is 1. The molecule has 1 aromatic carbocycles. The Balaban J connectivity index is 2.56. The SMILES string of the molecule is Nc1ccc2c(c1Br)CCCC2O. The van der Waals surface area contributed by atoms with E-state index in [2.05, 4.69) is 15.9 Å². The van der Waals surface area contributed by atoms with E-state index in [4.69, 9.17) is 5.73 Å². The van der Waals surface area contributed by atoms with Crippen LogP contribution in [-0.4, -0.2) is 5.11 Å². The van der Waals surface area contributed by atoms with Crippen LogP contribution in [0.2, 0.25) is 0 Å². The Morgan fingerprint density at radius 3 is 3.00 bits per heavy atom. The van der Waals surface area contributed by atoms with Crippen molar-refractivity contribution in [2.45, 2.75) is 25.4 Å². The van der Waals surface area contributed by atoms with E-state index in [0.29, 0.717) is 0 Å². The number of hydrogen-bond donors (Lipinski definition) is 2. The maximum Gasteiger partial charge on any atom is 0.0793 e. The molecule has 1 atom stereocenters. The van der Waals surface area contributed by atoms with Gasteiger partial charge in [-0.05, 0) is 52.4 Å². The van der Waals surface area contributed by atoms with Crippen LogP contribution in [0.3, 0.4) is 0 Å². The average Bonchev–Trinajstić information content (AvgIpc) is 2.12. The van der Waals surface area contributed by atoms with Crippen LogP contribution in [0.4, 0.5) is 5.69 Å². The molecule has 0 spiro atoms. The summed E-state index contributed by atoms with van der Waals surface area (Å²) in [5.41, 5.74) is 8.73. The number of halogens is 1. The first-order chi connectivity index (χ1) is 6.20. The van der Waals surface area contributed by atoms with E-state index in [1.807, 2.05) is 12.1 Å². The van der Waals surface area contributed by atoms with Crippen molar-refractivity contribution in [1.29, 1.82) is 0 Å². The van der Waals surface area contributed by atoms with Crippen LogP contribution in [0, 0.1) is 0 Å². The predicted octanol–water partition coefficient (Wildman–Crippen LogP) is 2.40. The van der Waals surface area contributed by atoms with Gasteiger partial charge in [-0.15, -0.1) is 0 Å². The molecule has 1 aliphatic rings. The topological polar surface area (TPSA) is 46.2 Å². The highest BCUT2D eigenvalue weighted by atomic mass is 79.9. The number of fused-ring (bicyclic) bond motifs is 1. The van der Waals surface area contributed by atoms with E-state index in [0.717, 1.165) is 35.0 Å². The normalized spacial score (nSPS) is 21.2. The van der Waals surface area contributed by atoms with Gasteiger partial charge in [-0.1, -0.05) is 6.07 Å². The fourth-order valence-corrected chi connectivity index (χ4v) is 2.41. The summed E-state index contributed by atoms with van der Waals surface area (Å²) in [5.74, 6) is 0. The van der Waals surface area contributed by atoms with Crippen molar-refractivity contribution in [3.8, 4) is 0 Å². The smallest absolute Gasteiger partial charge is 0.0793 e. The molecule has 0 amide bonds. The molecule has 1 aliphatic carbocycles. The third kappa shape index (κ3) is 1.46. The van der Waals surface area contributed by atoms with Gasteiger partial charge in [-0.3, -0.25) is 0 Å². The Hall–Kier alpha value is -0.540. The zero-order valence-corrected chi connectivity index (χ0v) is 8.84. The molecule has 3 N–H and O–H groups in total. The van der Waals surface area contributed by atoms with Gasteiger partial charge in [-0.25, -0.2) is 0 Å². The second-order valence-corrected chi connectivity index (χ2v) is 4.24. The molecule has 1 aromatic rings. The summed E-state index contributed by atoms with van der Waals surface area (Å²) >= 11 is 3.46. The van der Waals surface area contributed by atoms with Gasteiger partial charge in [0.05, 0.1) is 6.10 Å². The molecule has 13 heavy (non-hydrogen) atoms. The van der Waals surface area contributed by atoms with Gasteiger partial charge in [-0.2, -0.15) is 0 Å². The summed E-state index contributed by atoms with van der Waals surface area (Å²) in [7, 11) is 0. The summed E-state index contributed by atoms with van der Waals surface area (Å²) < 4.78 is 0.962. The van der Waals surface area contributed by atoms with Crippen molar-refractivity contribution in [1.82, 2.24) is 0 Å². The third-order valence-corrected chi connectivity index (χ3v) is 3.51. The zero-order chi connectivity index (χ0) is 9.42. The summed E-state index contributed by atoms with van der Waals surface area (Å²) in [6.45, 7) is 0. The summed E-state index contributed by atoms with van der Waals surface area (Å²) in [5, 5.41) is 9.72. The van der Waals surface area contributed by atoms with Gasteiger partial charge < -0.3 is 10.8 Å². The molecule has 0 heterocycles. The molecule has 2 nitrogen and oxygen atoms in total. The third-order valence-electron chi connectivity index (χ3n) is 2.57. The first-order valence-electron chi connectivity index (χ1n) is 4.45. The fourth-order valence-electron chi connectivity index (χ4n) is 1.85. The first-order valence-corrected chi connectivity index (χ1v) is 5.24. The molecule has 0 aliphatic heterocycles. The fraction of sp³-hybridized carbons (Fsp3) is 0.400. The Morgan fingerprint density at radius 2 is 2.23 bits per heavy atom. The maximum atomic E-state index is 9.72. The van der Waals surface area contributed by atoms with Crippen molar-refractivity contribution in [2.24, 2.45) is 0 Å². The van der Waals surface area contributed by atoms with Crippen molar-refractivity contribution in [3.05, 3.63) is 27.7 Å². The van der Waals surface area contributed by atoms with Crippen molar-refractivity contribution in [3.63, 3.8) is 0 Å². The van der Waals surface area contributed by atoms with Crippen LogP contribution < -0.4 is 5.73 Å². The molecule has 0 fully saturated rings. The molecule has 1 unspecified atom stereocenters. The highest BCUT2D eigenvalue weighted by Crippen LogP contribution is 2.36. The Kier molecular flexibility index (Phi) is 2.30. The van der Waals surface area contributed by atoms with Crippen LogP contribution >= 0.6 is 15.9 Å². The number of aliphatic hydroxyl groups is 1. The van der Waals surface area contributed by atoms with Gasteiger partial charge in [0, 0.05) is 10.2 Å². The highest BCUT2D eigenvalue weighted by molar-refractivity contribution is 9.10. The molecule has 0 radical (unpaired) electrons. The van der Waals surface area contributed by atoms with Crippen LogP contribution in [-0.2, 0) is 6.42 Å². The standard InChI is InChI=1S/C10H12BrNO/c11-10-7-2-1-3-9(13)6(7)4-5-8(10)12/h4-5,9,13H,1-3,12H2. The highest BCUT2D eigenvalue weighted by Gasteiger charge is 2.20. The van der Waals surface area contributed by atoms with Crippen molar-refractivity contribution < 1.29 is 5.11 Å². The van der Waals surface area contributed by atoms with Gasteiger partial charge in [0.2, 0.25) is 0 Å². The average molecular weight is 242 g/mol. The van der Waals surface area contributed by atoms with Crippen LogP contribution in [0.25, 0.3) is 0 Å². The van der Waals surface area contributed by atoms with Crippen molar-refractivity contribution >= 4 is 21.6 Å². The van der Waals surface area contributed by atoms with E-state index >= 15 is 0 Å². The van der Waals surface area contributed by atoms with Gasteiger partial charge in [0.1, 0.15) is 0 Å². The van der Waals surface area contributed by atoms with Crippen LogP contribution in [0.5, 0.6) is 0 Å². The quantitative estimate of drug-likeness (QED) is 0.686. The van der Waals surface area contributed by atoms with E-state index in [1.165, 1.54) is 5.56 Å².